The van der Waals surface area contributed by atoms with Gasteiger partial charge in [-0.05, 0) is 42.5 Å². The maximum Gasteiger partial charge on any atom is 0.263 e. The Morgan fingerprint density at radius 2 is 1.62 bits per heavy atom. The lowest BCUT2D eigenvalue weighted by Crippen LogP contribution is -2.17. The van der Waals surface area contributed by atoms with Gasteiger partial charge in [0.05, 0.1) is 39.3 Å². The second kappa shape index (κ2) is 8.58. The number of nitrogens with one attached hydrogen (secondary N) is 1. The summed E-state index contributed by atoms with van der Waals surface area (Å²) < 4.78 is 71.3. The highest BCUT2D eigenvalue weighted by Gasteiger charge is 2.26. The van der Waals surface area contributed by atoms with E-state index in [0.717, 1.165) is 21.3 Å². The van der Waals surface area contributed by atoms with E-state index in [2.05, 4.69) is 4.72 Å². The van der Waals surface area contributed by atoms with Gasteiger partial charge < -0.3 is 0 Å². The average molecular weight is 573 g/mol. The van der Waals surface area contributed by atoms with Crippen LogP contribution in [0.1, 0.15) is 0 Å². The molecule has 0 radical (unpaired) electrons. The Hall–Kier alpha value is -1.69. The summed E-state index contributed by atoms with van der Waals surface area (Å²) in [6, 6.07) is 10.9. The first-order valence-corrected chi connectivity index (χ1v) is 11.0. The van der Waals surface area contributed by atoms with Gasteiger partial charge in [-0.15, -0.1) is 0 Å². The zero-order valence-corrected chi connectivity index (χ0v) is 18.6. The van der Waals surface area contributed by atoms with E-state index in [4.69, 9.17) is 23.2 Å². The molecule has 152 valence electrons. The van der Waals surface area contributed by atoms with Gasteiger partial charge >= 0.3 is 0 Å². The normalized spacial score (nSPS) is 11.4. The van der Waals surface area contributed by atoms with E-state index < -0.39 is 33.2 Å². The van der Waals surface area contributed by atoms with Crippen LogP contribution in [0.2, 0.25) is 10.0 Å². The molecule has 1 N–H and O–H groups in total. The van der Waals surface area contributed by atoms with E-state index in [1.807, 2.05) is 0 Å². The molecule has 3 aromatic carbocycles. The number of sulfonamides is 1. The van der Waals surface area contributed by atoms with Crippen LogP contribution in [0.3, 0.4) is 0 Å². The zero-order valence-electron chi connectivity index (χ0n) is 14.1. The molecule has 11 heteroatoms. The van der Waals surface area contributed by atoms with Gasteiger partial charge in [0.1, 0.15) is 16.4 Å². The van der Waals surface area contributed by atoms with E-state index in [9.17, 15) is 21.6 Å². The number of halogens is 6. The lowest BCUT2D eigenvalue weighted by Gasteiger charge is -2.22. The van der Waals surface area contributed by atoms with Gasteiger partial charge in [0, 0.05) is 5.02 Å². The fraction of sp³-hybridized carbons (Fsp3) is 0. The molecule has 0 fully saturated rings. The average Bonchev–Trinajstić information content (AvgIpc) is 2.64. The summed E-state index contributed by atoms with van der Waals surface area (Å²) in [6.07, 6.45) is 0. The van der Waals surface area contributed by atoms with Gasteiger partial charge in [-0.3, -0.25) is 7.84 Å². The molecular formula is C18H10Cl2F3IN2O2S. The Morgan fingerprint density at radius 1 is 0.931 bits per heavy atom. The standard InChI is InChI=1S/C18H10Cl2F3IN2O2S/c19-10-5-8-16(11(20)9-10)29(27,28)25-14-7-6-13(22)17(23)18(14)26(24)15-4-2-1-3-12(15)21/h1-9,25H. The third kappa shape index (κ3) is 4.57. The topological polar surface area (TPSA) is 49.4 Å². The van der Waals surface area contributed by atoms with Crippen LogP contribution in [-0.2, 0) is 10.0 Å². The SMILES string of the molecule is O=S(=O)(Nc1ccc(F)c(F)c1N(I)c1ccccc1F)c1ccc(Cl)cc1Cl. The molecule has 0 heterocycles. The summed E-state index contributed by atoms with van der Waals surface area (Å²) in [7, 11) is -4.29. The Balaban J connectivity index is 2.11. The van der Waals surface area contributed by atoms with Gasteiger partial charge in [-0.25, -0.2) is 21.6 Å². The highest BCUT2D eigenvalue weighted by Crippen LogP contribution is 2.40. The first kappa shape index (κ1) is 22.0. The van der Waals surface area contributed by atoms with Gasteiger partial charge in [0.25, 0.3) is 10.0 Å². The molecule has 0 atom stereocenters. The molecule has 3 aromatic rings. The van der Waals surface area contributed by atoms with Crippen molar-refractivity contribution in [1.29, 1.82) is 0 Å². The van der Waals surface area contributed by atoms with Crippen molar-refractivity contribution in [2.24, 2.45) is 0 Å². The third-order valence-electron chi connectivity index (χ3n) is 3.76. The molecule has 29 heavy (non-hydrogen) atoms. The van der Waals surface area contributed by atoms with Crippen LogP contribution in [0.25, 0.3) is 0 Å². The molecule has 0 spiro atoms. The molecule has 0 saturated heterocycles. The molecule has 0 saturated carbocycles. The number of nitrogens with zero attached hydrogens (tertiary/aromatic N) is 1. The van der Waals surface area contributed by atoms with E-state index in [1.165, 1.54) is 36.4 Å². The fourth-order valence-electron chi connectivity index (χ4n) is 2.44. The highest BCUT2D eigenvalue weighted by molar-refractivity contribution is 14.1. The molecule has 4 nitrogen and oxygen atoms in total. The summed E-state index contributed by atoms with van der Waals surface area (Å²) >= 11 is 13.3. The highest BCUT2D eigenvalue weighted by atomic mass is 127. The first-order chi connectivity index (χ1) is 13.6. The number of benzene rings is 3. The molecule has 3 rings (SSSR count). The lowest BCUT2D eigenvalue weighted by atomic mass is 10.2. The van der Waals surface area contributed by atoms with Gasteiger partial charge in [0.15, 0.2) is 11.6 Å². The summed E-state index contributed by atoms with van der Waals surface area (Å²) in [6.45, 7) is 0. The summed E-state index contributed by atoms with van der Waals surface area (Å²) in [5.74, 6) is -3.30. The Kier molecular flexibility index (Phi) is 6.51. The second-order valence-corrected chi connectivity index (χ2v) is 9.13. The fourth-order valence-corrected chi connectivity index (χ4v) is 5.14. The molecule has 0 unspecified atom stereocenters. The minimum Gasteiger partial charge on any atom is -0.277 e. The number of para-hydroxylation sites is 1. The summed E-state index contributed by atoms with van der Waals surface area (Å²) in [4.78, 5) is -0.315. The van der Waals surface area contributed by atoms with Gasteiger partial charge in [-0.1, -0.05) is 35.3 Å². The third-order valence-corrected chi connectivity index (χ3v) is 6.84. The zero-order chi connectivity index (χ0) is 21.3. The number of hydrogen-bond acceptors (Lipinski definition) is 3. The maximum absolute atomic E-state index is 14.6. The first-order valence-electron chi connectivity index (χ1n) is 7.78. The van der Waals surface area contributed by atoms with Crippen molar-refractivity contribution in [3.8, 4) is 0 Å². The molecule has 0 aliphatic heterocycles. The Morgan fingerprint density at radius 3 is 2.28 bits per heavy atom. The van der Waals surface area contributed by atoms with Crippen molar-refractivity contribution in [3.63, 3.8) is 0 Å². The van der Waals surface area contributed by atoms with Crippen LogP contribution in [0.4, 0.5) is 30.2 Å². The number of hydrogen-bond donors (Lipinski definition) is 1. The molecule has 0 bridgehead atoms. The van der Waals surface area contributed by atoms with Crippen molar-refractivity contribution in [2.45, 2.75) is 4.90 Å². The monoisotopic (exact) mass is 572 g/mol. The summed E-state index contributed by atoms with van der Waals surface area (Å²) in [5, 5.41) is 0.0648. The smallest absolute Gasteiger partial charge is 0.263 e. The minimum absolute atomic E-state index is 0.0948. The van der Waals surface area contributed by atoms with Crippen molar-refractivity contribution >= 4 is 73.2 Å². The van der Waals surface area contributed by atoms with Crippen molar-refractivity contribution in [1.82, 2.24) is 0 Å². The number of anilines is 3. The maximum atomic E-state index is 14.6. The predicted octanol–water partition coefficient (Wildman–Crippen LogP) is 6.70. The Bertz CT molecular complexity index is 1200. The lowest BCUT2D eigenvalue weighted by molar-refractivity contribution is 0.511. The van der Waals surface area contributed by atoms with Crippen molar-refractivity contribution in [3.05, 3.63) is 82.1 Å². The van der Waals surface area contributed by atoms with E-state index in [1.54, 1.807) is 22.9 Å². The van der Waals surface area contributed by atoms with Crippen LogP contribution in [-0.4, -0.2) is 8.42 Å². The molecular weight excluding hydrogens is 563 g/mol. The van der Waals surface area contributed by atoms with Crippen molar-refractivity contribution < 1.29 is 21.6 Å². The van der Waals surface area contributed by atoms with Crippen molar-refractivity contribution in [2.75, 3.05) is 7.84 Å². The van der Waals surface area contributed by atoms with E-state index in [0.29, 0.717) is 0 Å². The molecule has 0 aromatic heterocycles. The second-order valence-electron chi connectivity index (χ2n) is 5.67. The molecule has 0 aliphatic carbocycles. The van der Waals surface area contributed by atoms with Crippen LogP contribution in [0.5, 0.6) is 0 Å². The predicted molar refractivity (Wildman–Crippen MR) is 116 cm³/mol. The van der Waals surface area contributed by atoms with Crippen LogP contribution >= 0.6 is 46.1 Å². The minimum atomic E-state index is -4.29. The largest absolute Gasteiger partial charge is 0.277 e. The molecule has 0 amide bonds. The van der Waals surface area contributed by atoms with Crippen LogP contribution in [0, 0.1) is 17.5 Å². The number of rotatable bonds is 5. The quantitative estimate of drug-likeness (QED) is 0.273. The van der Waals surface area contributed by atoms with Crippen LogP contribution < -0.4 is 7.84 Å². The summed E-state index contributed by atoms with van der Waals surface area (Å²) in [5.41, 5.74) is -0.917. The van der Waals surface area contributed by atoms with Gasteiger partial charge in [0.2, 0.25) is 0 Å². The van der Waals surface area contributed by atoms with E-state index in [-0.39, 0.29) is 26.3 Å². The Labute approximate surface area is 188 Å². The van der Waals surface area contributed by atoms with E-state index >= 15 is 0 Å². The van der Waals surface area contributed by atoms with Crippen LogP contribution in [0.15, 0.2) is 59.5 Å². The van der Waals surface area contributed by atoms with Gasteiger partial charge in [-0.2, -0.15) is 0 Å². The molecule has 0 aliphatic rings.